The molecule has 0 saturated carbocycles. The van der Waals surface area contributed by atoms with Crippen LogP contribution in [0.25, 0.3) is 0 Å². The zero-order valence-corrected chi connectivity index (χ0v) is 13.4. The molecule has 0 atom stereocenters. The molecule has 112 valence electrons. The van der Waals surface area contributed by atoms with Gasteiger partial charge in [0, 0.05) is 5.56 Å². The molecule has 0 radical (unpaired) electrons. The second kappa shape index (κ2) is 6.46. The van der Waals surface area contributed by atoms with E-state index in [0.717, 1.165) is 4.68 Å². The highest BCUT2D eigenvalue weighted by molar-refractivity contribution is 8.16. The molecule has 2 aromatic rings. The van der Waals surface area contributed by atoms with E-state index in [1.807, 2.05) is 41.7 Å². The second-order valence-electron chi connectivity index (χ2n) is 4.82. The van der Waals surface area contributed by atoms with Crippen molar-refractivity contribution in [2.45, 2.75) is 11.0 Å². The third-order valence-electron chi connectivity index (χ3n) is 3.38. The van der Waals surface area contributed by atoms with Gasteiger partial charge in [-0.2, -0.15) is 15.0 Å². The highest BCUT2D eigenvalue weighted by Gasteiger charge is 2.19. The van der Waals surface area contributed by atoms with Crippen molar-refractivity contribution in [1.82, 2.24) is 9.78 Å². The summed E-state index contributed by atoms with van der Waals surface area (Å²) < 4.78 is 1.51. The molecule has 1 aliphatic rings. The van der Waals surface area contributed by atoms with E-state index >= 15 is 0 Å². The Morgan fingerprint density at radius 1 is 1.32 bits per heavy atom. The smallest absolute Gasteiger partial charge is 0.280 e. The molecule has 22 heavy (non-hydrogen) atoms. The first-order valence-corrected chi connectivity index (χ1v) is 8.92. The summed E-state index contributed by atoms with van der Waals surface area (Å²) in [6.07, 6.45) is 2.55. The third kappa shape index (κ3) is 2.85. The number of hydrogen-bond acceptors (Lipinski definition) is 6. The molecule has 0 amide bonds. The quantitative estimate of drug-likeness (QED) is 0.911. The van der Waals surface area contributed by atoms with Gasteiger partial charge in [0.05, 0.1) is 10.8 Å². The Balaban J connectivity index is 1.81. The third-order valence-corrected chi connectivity index (χ3v) is 6.39. The number of nitrogens with two attached hydrogens (primary N) is 1. The summed E-state index contributed by atoms with van der Waals surface area (Å²) >= 11 is 3.88. The minimum absolute atomic E-state index is 0.0787. The summed E-state index contributed by atoms with van der Waals surface area (Å²) in [5.74, 6) is 2.11. The standard InChI is InChI=1S/C15H14N4OS2/c16-8-12-9-18-19(13(12)17)14(20)10-2-4-11(5-3-10)15-21-6-1-7-22-15/h2-5,9,15H,1,6-7,17H2. The maximum atomic E-state index is 12.4. The molecule has 2 heterocycles. The molecule has 0 unspecified atom stereocenters. The molecule has 5 nitrogen and oxygen atoms in total. The molecule has 1 aromatic heterocycles. The van der Waals surface area contributed by atoms with Gasteiger partial charge >= 0.3 is 0 Å². The number of nitriles is 1. The van der Waals surface area contributed by atoms with Crippen molar-refractivity contribution in [3.05, 3.63) is 47.2 Å². The number of thioether (sulfide) groups is 2. The fourth-order valence-electron chi connectivity index (χ4n) is 2.19. The molecule has 0 spiro atoms. The van der Waals surface area contributed by atoms with Gasteiger partial charge < -0.3 is 5.73 Å². The van der Waals surface area contributed by atoms with E-state index in [-0.39, 0.29) is 17.3 Å². The van der Waals surface area contributed by atoms with E-state index in [4.69, 9.17) is 11.0 Å². The van der Waals surface area contributed by atoms with Crippen molar-refractivity contribution < 1.29 is 4.79 Å². The fourth-order valence-corrected chi connectivity index (χ4v) is 5.09. The van der Waals surface area contributed by atoms with Crippen molar-refractivity contribution >= 4 is 35.2 Å². The van der Waals surface area contributed by atoms with Crippen LogP contribution in [-0.2, 0) is 0 Å². The Morgan fingerprint density at radius 2 is 2.00 bits per heavy atom. The lowest BCUT2D eigenvalue weighted by molar-refractivity contribution is 0.0948. The molecule has 0 bridgehead atoms. The minimum atomic E-state index is -0.325. The Kier molecular flexibility index (Phi) is 4.41. The summed E-state index contributed by atoms with van der Waals surface area (Å²) in [7, 11) is 0. The highest BCUT2D eigenvalue weighted by atomic mass is 32.2. The predicted octanol–water partition coefficient (Wildman–Crippen LogP) is 2.89. The van der Waals surface area contributed by atoms with Gasteiger partial charge in [-0.05, 0) is 35.6 Å². The zero-order chi connectivity index (χ0) is 15.5. The molecule has 1 saturated heterocycles. The van der Waals surface area contributed by atoms with Gasteiger partial charge in [0.2, 0.25) is 0 Å². The molecule has 2 N–H and O–H groups in total. The molecule has 7 heteroatoms. The Morgan fingerprint density at radius 3 is 2.59 bits per heavy atom. The first-order valence-electron chi connectivity index (χ1n) is 6.82. The van der Waals surface area contributed by atoms with Gasteiger partial charge in [-0.3, -0.25) is 4.79 Å². The summed E-state index contributed by atoms with van der Waals surface area (Å²) in [5.41, 5.74) is 7.69. The summed E-state index contributed by atoms with van der Waals surface area (Å²) in [6, 6.07) is 9.45. The van der Waals surface area contributed by atoms with E-state index in [0.29, 0.717) is 10.1 Å². The fraction of sp³-hybridized carbons (Fsp3) is 0.267. The van der Waals surface area contributed by atoms with E-state index in [9.17, 15) is 4.79 Å². The number of carbonyl (C=O) groups excluding carboxylic acids is 1. The number of aromatic nitrogens is 2. The average Bonchev–Trinajstić information content (AvgIpc) is 2.96. The van der Waals surface area contributed by atoms with Crippen LogP contribution in [0.15, 0.2) is 30.5 Å². The number of nitrogens with zero attached hydrogens (tertiary/aromatic N) is 3. The summed E-state index contributed by atoms with van der Waals surface area (Å²) in [6.45, 7) is 0. The van der Waals surface area contributed by atoms with Crippen LogP contribution in [0, 0.1) is 11.3 Å². The van der Waals surface area contributed by atoms with E-state index in [1.165, 1.54) is 29.7 Å². The monoisotopic (exact) mass is 330 g/mol. The number of carbonyl (C=O) groups is 1. The van der Waals surface area contributed by atoms with Gasteiger partial charge in [-0.25, -0.2) is 0 Å². The number of nitrogen functional groups attached to an aromatic ring is 1. The van der Waals surface area contributed by atoms with Crippen LogP contribution in [0.1, 0.15) is 32.5 Å². The van der Waals surface area contributed by atoms with Crippen LogP contribution in [0.3, 0.4) is 0 Å². The minimum Gasteiger partial charge on any atom is -0.382 e. The van der Waals surface area contributed by atoms with Crippen LogP contribution in [0.2, 0.25) is 0 Å². The van der Waals surface area contributed by atoms with Gasteiger partial charge in [0.25, 0.3) is 5.91 Å². The Labute approximate surface area is 136 Å². The van der Waals surface area contributed by atoms with Crippen molar-refractivity contribution in [2.24, 2.45) is 0 Å². The van der Waals surface area contributed by atoms with Crippen molar-refractivity contribution in [1.29, 1.82) is 5.26 Å². The van der Waals surface area contributed by atoms with Gasteiger partial charge in [0.15, 0.2) is 0 Å². The van der Waals surface area contributed by atoms with Gasteiger partial charge in [-0.15, -0.1) is 23.5 Å². The van der Waals surface area contributed by atoms with Crippen molar-refractivity contribution in [3.8, 4) is 6.07 Å². The Bertz CT molecular complexity index is 727. The van der Waals surface area contributed by atoms with E-state index < -0.39 is 0 Å². The number of hydrogen-bond donors (Lipinski definition) is 1. The SMILES string of the molecule is N#Cc1cnn(C(=O)c2ccc(C3SCCCS3)cc2)c1N. The number of rotatable bonds is 2. The first kappa shape index (κ1) is 15.0. The van der Waals surface area contributed by atoms with Gasteiger partial charge in [0.1, 0.15) is 17.5 Å². The molecule has 0 aliphatic carbocycles. The molecular formula is C15H14N4OS2. The van der Waals surface area contributed by atoms with Crippen LogP contribution in [0.5, 0.6) is 0 Å². The normalized spacial score (nSPS) is 15.4. The van der Waals surface area contributed by atoms with Gasteiger partial charge in [-0.1, -0.05) is 12.1 Å². The van der Waals surface area contributed by atoms with Crippen LogP contribution >= 0.6 is 23.5 Å². The first-order chi connectivity index (χ1) is 10.7. The lowest BCUT2D eigenvalue weighted by Gasteiger charge is -2.21. The van der Waals surface area contributed by atoms with Crippen molar-refractivity contribution in [2.75, 3.05) is 17.2 Å². The zero-order valence-electron chi connectivity index (χ0n) is 11.7. The summed E-state index contributed by atoms with van der Waals surface area (Å²) in [5, 5.41) is 12.8. The van der Waals surface area contributed by atoms with Crippen LogP contribution in [0.4, 0.5) is 5.82 Å². The Hall–Kier alpha value is -1.91. The molecular weight excluding hydrogens is 316 g/mol. The topological polar surface area (TPSA) is 84.7 Å². The maximum Gasteiger partial charge on any atom is 0.280 e. The number of anilines is 1. The maximum absolute atomic E-state index is 12.4. The molecule has 1 aromatic carbocycles. The lowest BCUT2D eigenvalue weighted by atomic mass is 10.1. The number of benzene rings is 1. The second-order valence-corrected chi connectivity index (χ2v) is 7.55. The predicted molar refractivity (Wildman–Crippen MR) is 89.8 cm³/mol. The van der Waals surface area contributed by atoms with Crippen LogP contribution in [-0.4, -0.2) is 27.2 Å². The van der Waals surface area contributed by atoms with E-state index in [1.54, 1.807) is 12.1 Å². The summed E-state index contributed by atoms with van der Waals surface area (Å²) in [4.78, 5) is 12.4. The van der Waals surface area contributed by atoms with E-state index in [2.05, 4.69) is 5.10 Å². The van der Waals surface area contributed by atoms with Crippen molar-refractivity contribution in [3.63, 3.8) is 0 Å². The molecule has 1 aliphatic heterocycles. The molecule has 1 fully saturated rings. The van der Waals surface area contributed by atoms with Crippen LogP contribution < -0.4 is 5.73 Å². The average molecular weight is 330 g/mol. The highest BCUT2D eigenvalue weighted by Crippen LogP contribution is 2.43. The molecule has 3 rings (SSSR count). The largest absolute Gasteiger partial charge is 0.382 e. The lowest BCUT2D eigenvalue weighted by Crippen LogP contribution is -2.16.